The van der Waals surface area contributed by atoms with Crippen LogP contribution >= 0.6 is 0 Å². The van der Waals surface area contributed by atoms with Crippen molar-refractivity contribution < 1.29 is 14.0 Å². The zero-order chi connectivity index (χ0) is 25.4. The molecule has 2 aromatic carbocycles. The van der Waals surface area contributed by atoms with E-state index in [1.54, 1.807) is 0 Å². The van der Waals surface area contributed by atoms with E-state index < -0.39 is 20.3 Å². The molecule has 4 rings (SSSR count). The first kappa shape index (κ1) is 26.1. The standard InChI is InChI=1S/C31H42O3Si/c1-22(2)24-18-19-31(7)21-28(29(32)23(3)27(31)20-24)33-35(34-30(4,5)6,25-14-10-8-11-15-25)26-16-12-9-13-17-26/h8-17,24,28-29,32H,1,18-21H2,2-7H3/t24-,28+,29?,31-/m1/s1. The van der Waals surface area contributed by atoms with Gasteiger partial charge in [-0.05, 0) is 87.6 Å². The Bertz CT molecular complexity index is 1030. The number of rotatable bonds is 6. The van der Waals surface area contributed by atoms with Gasteiger partial charge in [0.15, 0.2) is 0 Å². The fraction of sp³-hybridized carbons (Fsp3) is 0.484. The summed E-state index contributed by atoms with van der Waals surface area (Å²) in [5.41, 5.74) is 3.34. The van der Waals surface area contributed by atoms with Gasteiger partial charge in [-0.15, -0.1) is 0 Å². The Labute approximate surface area is 213 Å². The zero-order valence-electron chi connectivity index (χ0n) is 22.3. The summed E-state index contributed by atoms with van der Waals surface area (Å²) >= 11 is 0. The predicted octanol–water partition coefficient (Wildman–Crippen LogP) is 5.91. The molecule has 0 amide bonds. The highest BCUT2D eigenvalue weighted by Gasteiger charge is 2.52. The summed E-state index contributed by atoms with van der Waals surface area (Å²) in [5, 5.41) is 13.8. The van der Waals surface area contributed by atoms with Gasteiger partial charge in [-0.1, -0.05) is 85.3 Å². The molecular weight excluding hydrogens is 448 g/mol. The van der Waals surface area contributed by atoms with Crippen molar-refractivity contribution in [3.05, 3.63) is 84.0 Å². The average Bonchev–Trinajstić information content (AvgIpc) is 2.82. The van der Waals surface area contributed by atoms with Gasteiger partial charge in [-0.2, -0.15) is 0 Å². The van der Waals surface area contributed by atoms with Crippen LogP contribution in [0.3, 0.4) is 0 Å². The van der Waals surface area contributed by atoms with Crippen molar-refractivity contribution in [1.82, 2.24) is 0 Å². The second-order valence-electron chi connectivity index (χ2n) is 11.9. The lowest BCUT2D eigenvalue weighted by Gasteiger charge is -2.50. The summed E-state index contributed by atoms with van der Waals surface area (Å²) in [5.74, 6) is 0.504. The quantitative estimate of drug-likeness (QED) is 0.404. The van der Waals surface area contributed by atoms with Crippen LogP contribution in [0.15, 0.2) is 84.0 Å². The van der Waals surface area contributed by atoms with Crippen molar-refractivity contribution >= 4 is 18.9 Å². The second-order valence-corrected chi connectivity index (χ2v) is 14.7. The van der Waals surface area contributed by atoms with Gasteiger partial charge in [0.25, 0.3) is 0 Å². The highest BCUT2D eigenvalue weighted by atomic mass is 28.4. The molecule has 0 heterocycles. The van der Waals surface area contributed by atoms with Crippen LogP contribution in [-0.2, 0) is 8.85 Å². The Morgan fingerprint density at radius 2 is 1.57 bits per heavy atom. The van der Waals surface area contributed by atoms with Crippen molar-refractivity contribution in [3.63, 3.8) is 0 Å². The lowest BCUT2D eigenvalue weighted by atomic mass is 9.60. The fourth-order valence-corrected chi connectivity index (χ4v) is 9.70. The third-order valence-electron chi connectivity index (χ3n) is 7.92. The van der Waals surface area contributed by atoms with Crippen LogP contribution < -0.4 is 10.4 Å². The smallest absolute Gasteiger partial charge is 0.386 e. The highest BCUT2D eigenvalue weighted by Crippen LogP contribution is 2.53. The summed E-state index contributed by atoms with van der Waals surface area (Å²) in [7, 11) is -3.16. The molecule has 1 unspecified atom stereocenters. The van der Waals surface area contributed by atoms with E-state index >= 15 is 0 Å². The van der Waals surface area contributed by atoms with Crippen LogP contribution in [0.5, 0.6) is 0 Å². The molecule has 1 N–H and O–H groups in total. The molecule has 0 spiro atoms. The van der Waals surface area contributed by atoms with Crippen LogP contribution in [0.4, 0.5) is 0 Å². The van der Waals surface area contributed by atoms with Gasteiger partial charge in [-0.3, -0.25) is 0 Å². The maximum atomic E-state index is 11.6. The highest BCUT2D eigenvalue weighted by molar-refractivity contribution is 6.92. The summed E-state index contributed by atoms with van der Waals surface area (Å²) < 4.78 is 14.2. The van der Waals surface area contributed by atoms with Crippen molar-refractivity contribution in [2.45, 2.75) is 85.0 Å². The maximum Gasteiger partial charge on any atom is 0.407 e. The Morgan fingerprint density at radius 3 is 2.06 bits per heavy atom. The first-order valence-electron chi connectivity index (χ1n) is 13.0. The predicted molar refractivity (Wildman–Crippen MR) is 147 cm³/mol. The molecule has 1 fully saturated rings. The first-order valence-corrected chi connectivity index (χ1v) is 14.8. The summed E-state index contributed by atoms with van der Waals surface area (Å²) in [6, 6.07) is 20.7. The van der Waals surface area contributed by atoms with E-state index in [2.05, 4.69) is 96.7 Å². The van der Waals surface area contributed by atoms with Crippen LogP contribution in [0.2, 0.25) is 0 Å². The minimum atomic E-state index is -3.16. The molecule has 0 aromatic heterocycles. The lowest BCUT2D eigenvalue weighted by Crippen LogP contribution is -2.68. The van der Waals surface area contributed by atoms with Gasteiger partial charge < -0.3 is 14.0 Å². The zero-order valence-corrected chi connectivity index (χ0v) is 23.3. The maximum absolute atomic E-state index is 11.6. The molecule has 4 atom stereocenters. The molecule has 0 saturated heterocycles. The molecule has 188 valence electrons. The molecular formula is C31H42O3Si. The van der Waals surface area contributed by atoms with Crippen molar-refractivity contribution in [3.8, 4) is 0 Å². The Hall–Kier alpha value is -1.98. The first-order chi connectivity index (χ1) is 16.5. The number of aliphatic hydroxyl groups is 1. The molecule has 0 bridgehead atoms. The minimum absolute atomic E-state index is 0.0230. The Kier molecular flexibility index (Phi) is 7.32. The second kappa shape index (κ2) is 9.82. The Morgan fingerprint density at radius 1 is 1.03 bits per heavy atom. The van der Waals surface area contributed by atoms with E-state index in [0.717, 1.165) is 41.6 Å². The van der Waals surface area contributed by atoms with Gasteiger partial charge in [0.2, 0.25) is 0 Å². The fourth-order valence-electron chi connectivity index (χ4n) is 6.04. The molecule has 3 nitrogen and oxygen atoms in total. The number of fused-ring (bicyclic) bond motifs is 1. The number of hydrogen-bond donors (Lipinski definition) is 1. The van der Waals surface area contributed by atoms with Crippen LogP contribution in [0.25, 0.3) is 0 Å². The van der Waals surface area contributed by atoms with Crippen LogP contribution in [0, 0.1) is 11.3 Å². The van der Waals surface area contributed by atoms with Gasteiger partial charge in [0.1, 0.15) is 6.10 Å². The van der Waals surface area contributed by atoms with E-state index in [1.807, 2.05) is 12.1 Å². The number of benzene rings is 2. The van der Waals surface area contributed by atoms with E-state index in [-0.39, 0.29) is 11.5 Å². The van der Waals surface area contributed by atoms with Gasteiger partial charge >= 0.3 is 8.56 Å². The molecule has 0 aliphatic heterocycles. The summed E-state index contributed by atoms with van der Waals surface area (Å²) in [6.45, 7) is 17.1. The minimum Gasteiger partial charge on any atom is -0.386 e. The molecule has 1 saturated carbocycles. The molecule has 0 radical (unpaired) electrons. The van der Waals surface area contributed by atoms with Gasteiger partial charge in [0, 0.05) is 0 Å². The van der Waals surface area contributed by atoms with E-state index in [4.69, 9.17) is 8.85 Å². The van der Waals surface area contributed by atoms with Crippen LogP contribution in [-0.4, -0.2) is 31.5 Å². The monoisotopic (exact) mass is 490 g/mol. The average molecular weight is 491 g/mol. The Balaban J connectivity index is 1.80. The van der Waals surface area contributed by atoms with Crippen molar-refractivity contribution in [2.75, 3.05) is 0 Å². The molecule has 2 aliphatic rings. The number of aliphatic hydroxyl groups excluding tert-OH is 1. The lowest BCUT2D eigenvalue weighted by molar-refractivity contribution is -0.0222. The number of hydrogen-bond acceptors (Lipinski definition) is 3. The third kappa shape index (κ3) is 5.27. The van der Waals surface area contributed by atoms with E-state index in [9.17, 15) is 5.11 Å². The van der Waals surface area contributed by atoms with Gasteiger partial charge in [0.05, 0.1) is 11.7 Å². The topological polar surface area (TPSA) is 38.7 Å². The normalized spacial score (nSPS) is 27.5. The van der Waals surface area contributed by atoms with Crippen molar-refractivity contribution in [2.24, 2.45) is 11.3 Å². The number of allylic oxidation sites excluding steroid dienone is 2. The molecule has 4 heteroatoms. The van der Waals surface area contributed by atoms with E-state index in [1.165, 1.54) is 11.1 Å². The molecule has 2 aromatic rings. The van der Waals surface area contributed by atoms with Crippen molar-refractivity contribution in [1.29, 1.82) is 0 Å². The van der Waals surface area contributed by atoms with E-state index in [0.29, 0.717) is 5.92 Å². The van der Waals surface area contributed by atoms with Crippen LogP contribution in [0.1, 0.15) is 67.2 Å². The van der Waals surface area contributed by atoms with Gasteiger partial charge in [-0.25, -0.2) is 0 Å². The largest absolute Gasteiger partial charge is 0.407 e. The molecule has 2 aliphatic carbocycles. The summed E-state index contributed by atoms with van der Waals surface area (Å²) in [4.78, 5) is 0. The SMILES string of the molecule is C=C(C)[C@@H]1CC[C@]2(C)C[C@H](O[Si](OC(C)(C)C)(c3ccccc3)c3ccccc3)C(O)C(C)=C2C1. The third-order valence-corrected chi connectivity index (χ3v) is 11.6. The molecule has 35 heavy (non-hydrogen) atoms. The summed E-state index contributed by atoms with van der Waals surface area (Å²) in [6.07, 6.45) is 3.05.